The molecule has 0 fully saturated rings. The Morgan fingerprint density at radius 1 is 1.28 bits per heavy atom. The molecule has 0 spiro atoms. The Kier molecular flexibility index (Phi) is 3.98. The van der Waals surface area contributed by atoms with E-state index in [2.05, 4.69) is 42.0 Å². The van der Waals surface area contributed by atoms with E-state index in [1.165, 1.54) is 0 Å². The van der Waals surface area contributed by atoms with E-state index in [4.69, 9.17) is 27.6 Å². The SMILES string of the molecule is CC(C)(C)NCc1cc2c(Cl)c(Br)cc(Cl)c2o1. The molecule has 5 heteroatoms. The van der Waals surface area contributed by atoms with E-state index in [9.17, 15) is 0 Å². The topological polar surface area (TPSA) is 25.2 Å². The average molecular weight is 351 g/mol. The first-order valence-electron chi connectivity index (χ1n) is 5.59. The van der Waals surface area contributed by atoms with E-state index >= 15 is 0 Å². The summed E-state index contributed by atoms with van der Waals surface area (Å²) in [5.74, 6) is 0.821. The molecule has 0 saturated carbocycles. The van der Waals surface area contributed by atoms with Crippen LogP contribution in [0.4, 0.5) is 0 Å². The molecule has 1 aromatic carbocycles. The molecule has 98 valence electrons. The fourth-order valence-electron chi connectivity index (χ4n) is 1.59. The van der Waals surface area contributed by atoms with Crippen LogP contribution in [0.25, 0.3) is 11.0 Å². The van der Waals surface area contributed by atoms with Gasteiger partial charge in [-0.3, -0.25) is 0 Å². The standard InChI is InChI=1S/C13H14BrCl2NO/c1-13(2,3)17-6-7-4-8-11(16)9(14)5-10(15)12(8)18-7/h4-5,17H,6H2,1-3H3. The average Bonchev–Trinajstić information content (AvgIpc) is 2.67. The molecule has 2 rings (SSSR count). The van der Waals surface area contributed by atoms with Crippen LogP contribution in [0.2, 0.25) is 10.0 Å². The Hall–Kier alpha value is -0.220. The maximum Gasteiger partial charge on any atom is 0.154 e. The van der Waals surface area contributed by atoms with Crippen LogP contribution in [0, 0.1) is 0 Å². The maximum absolute atomic E-state index is 6.22. The molecular formula is C13H14BrCl2NO. The highest BCUT2D eigenvalue weighted by atomic mass is 79.9. The third kappa shape index (κ3) is 3.02. The zero-order valence-corrected chi connectivity index (χ0v) is 13.5. The van der Waals surface area contributed by atoms with Gasteiger partial charge in [-0.2, -0.15) is 0 Å². The van der Waals surface area contributed by atoms with Crippen molar-refractivity contribution in [2.45, 2.75) is 32.9 Å². The van der Waals surface area contributed by atoms with E-state index in [0.29, 0.717) is 22.2 Å². The van der Waals surface area contributed by atoms with Gasteiger partial charge in [0, 0.05) is 15.4 Å². The van der Waals surface area contributed by atoms with Gasteiger partial charge in [-0.25, -0.2) is 0 Å². The molecule has 0 amide bonds. The minimum Gasteiger partial charge on any atom is -0.458 e. The van der Waals surface area contributed by atoms with E-state index < -0.39 is 0 Å². The lowest BCUT2D eigenvalue weighted by Gasteiger charge is -2.19. The van der Waals surface area contributed by atoms with E-state index in [0.717, 1.165) is 15.6 Å². The zero-order chi connectivity index (χ0) is 13.5. The molecule has 0 atom stereocenters. The quantitative estimate of drug-likeness (QED) is 0.734. The van der Waals surface area contributed by atoms with Crippen LogP contribution in [0.15, 0.2) is 21.0 Å². The van der Waals surface area contributed by atoms with Crippen molar-refractivity contribution < 1.29 is 4.42 Å². The first-order valence-corrected chi connectivity index (χ1v) is 7.14. The van der Waals surface area contributed by atoms with Gasteiger partial charge in [-0.1, -0.05) is 23.2 Å². The summed E-state index contributed by atoms with van der Waals surface area (Å²) in [6.07, 6.45) is 0. The summed E-state index contributed by atoms with van der Waals surface area (Å²) in [6, 6.07) is 3.67. The number of nitrogens with one attached hydrogen (secondary N) is 1. The number of furan rings is 1. The van der Waals surface area contributed by atoms with Crippen LogP contribution >= 0.6 is 39.1 Å². The van der Waals surface area contributed by atoms with Crippen molar-refractivity contribution in [1.29, 1.82) is 0 Å². The van der Waals surface area contributed by atoms with Crippen LogP contribution in [-0.2, 0) is 6.54 Å². The van der Waals surface area contributed by atoms with Crippen LogP contribution in [0.3, 0.4) is 0 Å². The van der Waals surface area contributed by atoms with Gasteiger partial charge >= 0.3 is 0 Å². The molecule has 0 aliphatic heterocycles. The third-order valence-corrected chi connectivity index (χ3v) is 4.03. The highest BCUT2D eigenvalue weighted by Gasteiger charge is 2.15. The summed E-state index contributed by atoms with van der Waals surface area (Å²) in [5.41, 5.74) is 0.670. The van der Waals surface area contributed by atoms with Gasteiger partial charge in [0.25, 0.3) is 0 Å². The van der Waals surface area contributed by atoms with Gasteiger partial charge in [-0.05, 0) is 48.8 Å². The second kappa shape index (κ2) is 5.04. The van der Waals surface area contributed by atoms with E-state index in [1.54, 1.807) is 6.07 Å². The van der Waals surface area contributed by atoms with E-state index in [1.807, 2.05) is 6.07 Å². The number of halogens is 3. The number of benzene rings is 1. The lowest BCUT2D eigenvalue weighted by atomic mass is 10.1. The summed E-state index contributed by atoms with van der Waals surface area (Å²) in [6.45, 7) is 6.95. The Morgan fingerprint density at radius 3 is 2.56 bits per heavy atom. The van der Waals surface area contributed by atoms with Gasteiger partial charge in [0.15, 0.2) is 5.58 Å². The van der Waals surface area contributed by atoms with Crippen LogP contribution in [0.1, 0.15) is 26.5 Å². The summed E-state index contributed by atoms with van der Waals surface area (Å²) >= 11 is 15.7. The van der Waals surface area contributed by atoms with Gasteiger partial charge in [0.1, 0.15) is 5.76 Å². The molecule has 18 heavy (non-hydrogen) atoms. The fraction of sp³-hybridized carbons (Fsp3) is 0.385. The van der Waals surface area contributed by atoms with Crippen molar-refractivity contribution in [3.8, 4) is 0 Å². The molecule has 0 unspecified atom stereocenters. The molecular weight excluding hydrogens is 337 g/mol. The molecule has 0 radical (unpaired) electrons. The van der Waals surface area contributed by atoms with Crippen LogP contribution in [0.5, 0.6) is 0 Å². The molecule has 0 aliphatic rings. The predicted octanol–water partition coefficient (Wildman–Crippen LogP) is 5.39. The van der Waals surface area contributed by atoms with Crippen LogP contribution < -0.4 is 5.32 Å². The van der Waals surface area contributed by atoms with Gasteiger partial charge in [0.2, 0.25) is 0 Å². The highest BCUT2D eigenvalue weighted by molar-refractivity contribution is 9.10. The Balaban J connectivity index is 2.38. The Bertz CT molecular complexity index is 587. The van der Waals surface area contributed by atoms with Crippen molar-refractivity contribution >= 4 is 50.1 Å². The van der Waals surface area contributed by atoms with Gasteiger partial charge in [-0.15, -0.1) is 0 Å². The third-order valence-electron chi connectivity index (χ3n) is 2.49. The number of hydrogen-bond acceptors (Lipinski definition) is 2. The Morgan fingerprint density at radius 2 is 1.94 bits per heavy atom. The van der Waals surface area contributed by atoms with Crippen molar-refractivity contribution in [1.82, 2.24) is 5.32 Å². The number of fused-ring (bicyclic) bond motifs is 1. The van der Waals surface area contributed by atoms with Crippen molar-refractivity contribution in [2.75, 3.05) is 0 Å². The fourth-order valence-corrected chi connectivity index (χ4v) is 2.61. The maximum atomic E-state index is 6.22. The van der Waals surface area contributed by atoms with Crippen molar-refractivity contribution in [2.24, 2.45) is 0 Å². The Labute approximate surface area is 125 Å². The molecule has 0 saturated heterocycles. The summed E-state index contributed by atoms with van der Waals surface area (Å²) in [7, 11) is 0. The highest BCUT2D eigenvalue weighted by Crippen LogP contribution is 2.37. The first-order chi connectivity index (χ1) is 8.28. The molecule has 0 bridgehead atoms. The smallest absolute Gasteiger partial charge is 0.154 e. The largest absolute Gasteiger partial charge is 0.458 e. The number of rotatable bonds is 2. The molecule has 2 aromatic rings. The lowest BCUT2D eigenvalue weighted by molar-refractivity contribution is 0.395. The second-order valence-corrected chi connectivity index (χ2v) is 6.85. The molecule has 1 aromatic heterocycles. The molecule has 1 heterocycles. The molecule has 1 N–H and O–H groups in total. The van der Waals surface area contributed by atoms with E-state index in [-0.39, 0.29) is 5.54 Å². The summed E-state index contributed by atoms with van der Waals surface area (Å²) < 4.78 is 6.51. The second-order valence-electron chi connectivity index (χ2n) is 5.21. The summed E-state index contributed by atoms with van der Waals surface area (Å²) in [5, 5.41) is 5.38. The predicted molar refractivity (Wildman–Crippen MR) is 80.5 cm³/mol. The van der Waals surface area contributed by atoms with Crippen molar-refractivity contribution in [3.05, 3.63) is 32.4 Å². The van der Waals surface area contributed by atoms with Crippen molar-refractivity contribution in [3.63, 3.8) is 0 Å². The number of hydrogen-bond donors (Lipinski definition) is 1. The normalized spacial score (nSPS) is 12.3. The van der Waals surface area contributed by atoms with Gasteiger partial charge in [0.05, 0.1) is 16.6 Å². The lowest BCUT2D eigenvalue weighted by Crippen LogP contribution is -2.34. The monoisotopic (exact) mass is 349 g/mol. The molecule has 0 aliphatic carbocycles. The minimum absolute atomic E-state index is 0.0349. The minimum atomic E-state index is 0.0349. The first kappa shape index (κ1) is 14.2. The van der Waals surface area contributed by atoms with Crippen LogP contribution in [-0.4, -0.2) is 5.54 Å². The van der Waals surface area contributed by atoms with Gasteiger partial charge < -0.3 is 9.73 Å². The molecule has 2 nitrogen and oxygen atoms in total. The summed E-state index contributed by atoms with van der Waals surface area (Å²) in [4.78, 5) is 0. The zero-order valence-electron chi connectivity index (χ0n) is 10.4.